The molecular formula is C15H21N3O. The lowest BCUT2D eigenvalue weighted by atomic mass is 9.84. The Morgan fingerprint density at radius 2 is 2.26 bits per heavy atom. The van der Waals surface area contributed by atoms with Crippen LogP contribution in [0.25, 0.3) is 0 Å². The van der Waals surface area contributed by atoms with E-state index < -0.39 is 0 Å². The third-order valence-corrected chi connectivity index (χ3v) is 4.84. The predicted octanol–water partition coefficient (Wildman–Crippen LogP) is 2.22. The molecule has 1 aromatic rings. The molecule has 4 unspecified atom stereocenters. The molecule has 1 aromatic heterocycles. The fraction of sp³-hybridized carbons (Fsp3) is 0.600. The van der Waals surface area contributed by atoms with Crippen LogP contribution in [0.1, 0.15) is 43.0 Å². The van der Waals surface area contributed by atoms with Crippen molar-refractivity contribution in [3.8, 4) is 0 Å². The number of nitrogens with one attached hydrogen (secondary N) is 1. The molecule has 3 rings (SSSR count). The summed E-state index contributed by atoms with van der Waals surface area (Å²) in [6.07, 6.45) is 6.93. The Labute approximate surface area is 113 Å². The number of fused-ring (bicyclic) bond motifs is 2. The summed E-state index contributed by atoms with van der Waals surface area (Å²) in [5.74, 6) is 2.79. The molecule has 1 heterocycles. The van der Waals surface area contributed by atoms with Crippen molar-refractivity contribution in [1.82, 2.24) is 10.3 Å². The summed E-state index contributed by atoms with van der Waals surface area (Å²) in [5, 5.41) is 3.12. The van der Waals surface area contributed by atoms with Crippen LogP contribution in [0.2, 0.25) is 0 Å². The molecular weight excluding hydrogens is 238 g/mol. The van der Waals surface area contributed by atoms with E-state index in [2.05, 4.69) is 17.2 Å². The lowest BCUT2D eigenvalue weighted by Gasteiger charge is -2.28. The Morgan fingerprint density at radius 1 is 1.42 bits per heavy atom. The first-order valence-electron chi connectivity index (χ1n) is 7.16. The Kier molecular flexibility index (Phi) is 3.17. The molecule has 2 aliphatic rings. The number of hydrogen-bond acceptors (Lipinski definition) is 3. The molecule has 1 amide bonds. The minimum Gasteiger partial charge on any atom is -0.384 e. The highest BCUT2D eigenvalue weighted by Crippen LogP contribution is 2.49. The third kappa shape index (κ3) is 2.44. The fourth-order valence-electron chi connectivity index (χ4n) is 3.84. The number of aromatic nitrogens is 1. The van der Waals surface area contributed by atoms with Crippen molar-refractivity contribution in [3.63, 3.8) is 0 Å². The molecule has 3 N–H and O–H groups in total. The van der Waals surface area contributed by atoms with Crippen molar-refractivity contribution in [1.29, 1.82) is 0 Å². The van der Waals surface area contributed by atoms with Crippen molar-refractivity contribution in [2.24, 2.45) is 17.8 Å². The van der Waals surface area contributed by atoms with Crippen molar-refractivity contribution in [2.75, 3.05) is 5.73 Å². The van der Waals surface area contributed by atoms with E-state index in [4.69, 9.17) is 5.73 Å². The van der Waals surface area contributed by atoms with Gasteiger partial charge < -0.3 is 11.1 Å². The summed E-state index contributed by atoms with van der Waals surface area (Å²) in [4.78, 5) is 16.1. The molecule has 2 saturated carbocycles. The maximum atomic E-state index is 12.1. The number of nitrogen functional groups attached to an aromatic ring is 1. The molecule has 19 heavy (non-hydrogen) atoms. The van der Waals surface area contributed by atoms with Gasteiger partial charge in [-0.1, -0.05) is 6.42 Å². The van der Waals surface area contributed by atoms with Crippen LogP contribution in [-0.2, 0) is 0 Å². The average molecular weight is 259 g/mol. The number of hydrogen-bond donors (Lipinski definition) is 2. The van der Waals surface area contributed by atoms with E-state index >= 15 is 0 Å². The van der Waals surface area contributed by atoms with Gasteiger partial charge >= 0.3 is 0 Å². The molecule has 0 aliphatic heterocycles. The maximum absolute atomic E-state index is 12.1. The van der Waals surface area contributed by atoms with Gasteiger partial charge in [-0.05, 0) is 56.1 Å². The van der Waals surface area contributed by atoms with E-state index in [1.807, 2.05) is 0 Å². The van der Waals surface area contributed by atoms with E-state index in [1.165, 1.54) is 31.9 Å². The van der Waals surface area contributed by atoms with Gasteiger partial charge in [0.05, 0.1) is 5.56 Å². The SMILES string of the molecule is CC(NC(=O)c1ccc(N)nc1)C1CC2CCC1C2. The Morgan fingerprint density at radius 3 is 2.84 bits per heavy atom. The standard InChI is InChI=1S/C15H21N3O/c1-9(13-7-10-2-3-11(13)6-10)18-15(19)12-4-5-14(16)17-8-12/h4-5,8-11,13H,2-3,6-7H2,1H3,(H2,16,17)(H,18,19). The van der Waals surface area contributed by atoms with Gasteiger partial charge in [0.1, 0.15) is 5.82 Å². The van der Waals surface area contributed by atoms with E-state index in [9.17, 15) is 4.79 Å². The monoisotopic (exact) mass is 259 g/mol. The van der Waals surface area contributed by atoms with Crippen molar-refractivity contribution in [3.05, 3.63) is 23.9 Å². The zero-order chi connectivity index (χ0) is 13.4. The summed E-state index contributed by atoms with van der Waals surface area (Å²) in [7, 11) is 0. The molecule has 2 fully saturated rings. The maximum Gasteiger partial charge on any atom is 0.253 e. The van der Waals surface area contributed by atoms with E-state index in [1.54, 1.807) is 12.1 Å². The Hall–Kier alpha value is -1.58. The zero-order valence-electron chi connectivity index (χ0n) is 11.3. The minimum absolute atomic E-state index is 0.0391. The summed E-state index contributed by atoms with van der Waals surface area (Å²) >= 11 is 0. The molecule has 0 saturated heterocycles. The summed E-state index contributed by atoms with van der Waals surface area (Å²) in [6, 6.07) is 3.64. The second-order valence-electron chi connectivity index (χ2n) is 6.07. The van der Waals surface area contributed by atoms with Crippen LogP contribution >= 0.6 is 0 Å². The number of carbonyl (C=O) groups is 1. The second kappa shape index (κ2) is 4.83. The highest BCUT2D eigenvalue weighted by atomic mass is 16.1. The van der Waals surface area contributed by atoms with E-state index in [-0.39, 0.29) is 11.9 Å². The average Bonchev–Trinajstić information content (AvgIpc) is 3.01. The van der Waals surface area contributed by atoms with Crippen LogP contribution < -0.4 is 11.1 Å². The molecule has 0 radical (unpaired) electrons. The zero-order valence-corrected chi connectivity index (χ0v) is 11.3. The first kappa shape index (κ1) is 12.5. The molecule has 0 aromatic carbocycles. The summed E-state index contributed by atoms with van der Waals surface area (Å²) in [6.45, 7) is 2.13. The van der Waals surface area contributed by atoms with Crippen LogP contribution in [0, 0.1) is 17.8 Å². The topological polar surface area (TPSA) is 68.0 Å². The lowest BCUT2D eigenvalue weighted by molar-refractivity contribution is 0.0915. The van der Waals surface area contributed by atoms with Crippen molar-refractivity contribution in [2.45, 2.75) is 38.6 Å². The largest absolute Gasteiger partial charge is 0.384 e. The number of pyridine rings is 1. The number of anilines is 1. The van der Waals surface area contributed by atoms with Crippen molar-refractivity contribution < 1.29 is 4.79 Å². The van der Waals surface area contributed by atoms with Gasteiger partial charge in [0.2, 0.25) is 0 Å². The number of rotatable bonds is 3. The third-order valence-electron chi connectivity index (χ3n) is 4.84. The molecule has 102 valence electrons. The Bertz CT molecular complexity index is 471. The molecule has 4 heteroatoms. The molecule has 2 bridgehead atoms. The smallest absolute Gasteiger partial charge is 0.253 e. The van der Waals surface area contributed by atoms with Gasteiger partial charge in [0.15, 0.2) is 0 Å². The summed E-state index contributed by atoms with van der Waals surface area (Å²) in [5.41, 5.74) is 6.11. The van der Waals surface area contributed by atoms with Gasteiger partial charge in [-0.25, -0.2) is 4.98 Å². The molecule has 4 atom stereocenters. The second-order valence-corrected chi connectivity index (χ2v) is 6.07. The fourth-order valence-corrected chi connectivity index (χ4v) is 3.84. The molecule has 0 spiro atoms. The van der Waals surface area contributed by atoms with Gasteiger partial charge in [-0.3, -0.25) is 4.79 Å². The van der Waals surface area contributed by atoms with Gasteiger partial charge in [-0.15, -0.1) is 0 Å². The van der Waals surface area contributed by atoms with Crippen LogP contribution in [-0.4, -0.2) is 16.9 Å². The molecule has 4 nitrogen and oxygen atoms in total. The number of nitrogens with zero attached hydrogens (tertiary/aromatic N) is 1. The van der Waals surface area contributed by atoms with Crippen LogP contribution in [0.5, 0.6) is 0 Å². The van der Waals surface area contributed by atoms with Crippen LogP contribution in [0.4, 0.5) is 5.82 Å². The normalized spacial score (nSPS) is 30.3. The minimum atomic E-state index is -0.0391. The number of amides is 1. The highest BCUT2D eigenvalue weighted by molar-refractivity contribution is 5.94. The predicted molar refractivity (Wildman–Crippen MR) is 74.5 cm³/mol. The van der Waals surface area contributed by atoms with Gasteiger partial charge in [0.25, 0.3) is 5.91 Å². The van der Waals surface area contributed by atoms with Crippen LogP contribution in [0.3, 0.4) is 0 Å². The van der Waals surface area contributed by atoms with Gasteiger partial charge in [-0.2, -0.15) is 0 Å². The Balaban J connectivity index is 1.61. The summed E-state index contributed by atoms with van der Waals surface area (Å²) < 4.78 is 0. The number of nitrogens with two attached hydrogens (primary N) is 1. The number of carbonyl (C=O) groups excluding carboxylic acids is 1. The first-order valence-corrected chi connectivity index (χ1v) is 7.16. The van der Waals surface area contributed by atoms with Gasteiger partial charge in [0, 0.05) is 12.2 Å². The highest BCUT2D eigenvalue weighted by Gasteiger charge is 2.42. The molecule has 2 aliphatic carbocycles. The quantitative estimate of drug-likeness (QED) is 0.874. The van der Waals surface area contributed by atoms with Crippen LogP contribution in [0.15, 0.2) is 18.3 Å². The van der Waals surface area contributed by atoms with E-state index in [0.717, 1.165) is 11.8 Å². The lowest BCUT2D eigenvalue weighted by Crippen LogP contribution is -2.40. The first-order chi connectivity index (χ1) is 9.13. The van der Waals surface area contributed by atoms with E-state index in [0.29, 0.717) is 17.3 Å². The van der Waals surface area contributed by atoms with Crippen molar-refractivity contribution >= 4 is 11.7 Å².